The van der Waals surface area contributed by atoms with Crippen molar-refractivity contribution in [1.82, 2.24) is 0 Å². The number of rotatable bonds is 6. The fourth-order valence-corrected chi connectivity index (χ4v) is 2.96. The van der Waals surface area contributed by atoms with Crippen molar-refractivity contribution < 1.29 is 14.2 Å². The van der Waals surface area contributed by atoms with Gasteiger partial charge in [-0.25, -0.2) is 0 Å². The van der Waals surface area contributed by atoms with Crippen molar-refractivity contribution in [3.05, 3.63) is 47.0 Å². The van der Waals surface area contributed by atoms with Crippen molar-refractivity contribution in [3.63, 3.8) is 0 Å². The molecule has 0 unspecified atom stereocenters. The Morgan fingerprint density at radius 3 is 2.81 bits per heavy atom. The van der Waals surface area contributed by atoms with Crippen molar-refractivity contribution in [2.75, 3.05) is 31.7 Å². The third kappa shape index (κ3) is 5.44. The van der Waals surface area contributed by atoms with Crippen LogP contribution in [0.15, 0.2) is 41.4 Å². The summed E-state index contributed by atoms with van der Waals surface area (Å²) in [5.41, 5.74) is 7.83. The van der Waals surface area contributed by atoms with Crippen LogP contribution in [0.3, 0.4) is 0 Å². The largest absolute Gasteiger partial charge is 0.494 e. The number of hydrogen-bond donors (Lipinski definition) is 2. The van der Waals surface area contributed by atoms with Crippen molar-refractivity contribution >= 4 is 23.2 Å². The quantitative estimate of drug-likeness (QED) is 0.579. The maximum atomic E-state index is 6.08. The van der Waals surface area contributed by atoms with Crippen LogP contribution in [-0.2, 0) is 6.42 Å². The van der Waals surface area contributed by atoms with E-state index in [0.717, 1.165) is 29.2 Å². The third-order valence-corrected chi connectivity index (χ3v) is 4.24. The average molecular weight is 390 g/mol. The monoisotopic (exact) mass is 389 g/mol. The molecular weight excluding hydrogens is 366 g/mol. The molecule has 1 aliphatic heterocycles. The van der Waals surface area contributed by atoms with Crippen LogP contribution >= 0.6 is 11.6 Å². The Kier molecular flexibility index (Phi) is 6.65. The summed E-state index contributed by atoms with van der Waals surface area (Å²) < 4.78 is 16.9. The molecule has 0 saturated heterocycles. The molecule has 1 aliphatic rings. The number of hydrogen-bond acceptors (Lipinski definition) is 4. The number of ether oxygens (including phenoxy) is 3. The van der Waals surface area contributed by atoms with Gasteiger partial charge in [-0.2, -0.15) is 0 Å². The number of anilines is 1. The molecule has 0 aliphatic carbocycles. The summed E-state index contributed by atoms with van der Waals surface area (Å²) in [6, 6.07) is 11.2. The van der Waals surface area contributed by atoms with Crippen LogP contribution in [0.2, 0.25) is 5.02 Å². The number of halogens is 1. The molecule has 2 aromatic rings. The van der Waals surface area contributed by atoms with E-state index in [1.807, 2.05) is 43.3 Å². The molecule has 1 heterocycles. The minimum Gasteiger partial charge on any atom is -0.494 e. The number of aliphatic imine (C=N–C) groups is 1. The molecule has 2 aromatic carbocycles. The zero-order valence-electron chi connectivity index (χ0n) is 15.3. The molecule has 0 radical (unpaired) electrons. The summed E-state index contributed by atoms with van der Waals surface area (Å²) in [6.45, 7) is 4.38. The van der Waals surface area contributed by atoms with Gasteiger partial charge in [0.25, 0.3) is 0 Å². The normalized spacial score (nSPS) is 13.8. The van der Waals surface area contributed by atoms with Crippen molar-refractivity contribution in [1.29, 1.82) is 0 Å². The lowest BCUT2D eigenvalue weighted by Crippen LogP contribution is -2.23. The Balaban J connectivity index is 1.60. The molecule has 0 amide bonds. The Morgan fingerprint density at radius 1 is 1.19 bits per heavy atom. The van der Waals surface area contributed by atoms with E-state index in [4.69, 9.17) is 31.5 Å². The number of guanidine groups is 1. The summed E-state index contributed by atoms with van der Waals surface area (Å²) in [6.07, 6.45) is 1.55. The van der Waals surface area contributed by atoms with Crippen LogP contribution in [0.4, 0.5) is 5.69 Å². The molecule has 0 bridgehead atoms. The third-order valence-electron chi connectivity index (χ3n) is 4.01. The van der Waals surface area contributed by atoms with Crippen LogP contribution in [-0.4, -0.2) is 32.3 Å². The Morgan fingerprint density at radius 2 is 2.00 bits per heavy atom. The van der Waals surface area contributed by atoms with E-state index in [1.165, 1.54) is 0 Å². The van der Waals surface area contributed by atoms with Gasteiger partial charge >= 0.3 is 0 Å². The molecule has 0 saturated carbocycles. The van der Waals surface area contributed by atoms with E-state index in [2.05, 4.69) is 10.3 Å². The summed E-state index contributed by atoms with van der Waals surface area (Å²) in [7, 11) is 0. The zero-order valence-corrected chi connectivity index (χ0v) is 16.1. The maximum absolute atomic E-state index is 6.08. The smallest absolute Gasteiger partial charge is 0.193 e. The highest BCUT2D eigenvalue weighted by atomic mass is 35.5. The van der Waals surface area contributed by atoms with Gasteiger partial charge in [-0.15, -0.1) is 0 Å². The number of nitrogens with two attached hydrogens (primary N) is 1. The molecule has 6 nitrogen and oxygen atoms in total. The van der Waals surface area contributed by atoms with Crippen molar-refractivity contribution in [3.8, 4) is 17.2 Å². The maximum Gasteiger partial charge on any atom is 0.193 e. The van der Waals surface area contributed by atoms with Crippen LogP contribution in [0, 0.1) is 0 Å². The summed E-state index contributed by atoms with van der Waals surface area (Å²) >= 11 is 6.08. The fraction of sp³-hybridized carbons (Fsp3) is 0.350. The van der Waals surface area contributed by atoms with Crippen LogP contribution in [0.5, 0.6) is 17.2 Å². The van der Waals surface area contributed by atoms with E-state index in [-0.39, 0.29) is 0 Å². The lowest BCUT2D eigenvalue weighted by molar-refractivity contribution is 0.297. The van der Waals surface area contributed by atoms with Gasteiger partial charge in [0.1, 0.15) is 5.75 Å². The highest BCUT2D eigenvalue weighted by Gasteiger charge is 2.11. The lowest BCUT2D eigenvalue weighted by atomic mass is 10.1. The van der Waals surface area contributed by atoms with Crippen LogP contribution in [0.1, 0.15) is 18.9 Å². The first-order chi connectivity index (χ1) is 13.2. The van der Waals surface area contributed by atoms with E-state index in [0.29, 0.717) is 49.5 Å². The van der Waals surface area contributed by atoms with Gasteiger partial charge in [-0.05, 0) is 49.2 Å². The Labute approximate surface area is 164 Å². The molecule has 3 N–H and O–H groups in total. The first kappa shape index (κ1) is 19.2. The molecule has 0 aromatic heterocycles. The number of benzene rings is 2. The van der Waals surface area contributed by atoms with Crippen molar-refractivity contribution in [2.24, 2.45) is 10.7 Å². The number of nitrogens with one attached hydrogen (secondary N) is 1. The lowest BCUT2D eigenvalue weighted by Gasteiger charge is -2.11. The minimum atomic E-state index is 0.337. The molecule has 7 heteroatoms. The van der Waals surface area contributed by atoms with E-state index in [9.17, 15) is 0 Å². The summed E-state index contributed by atoms with van der Waals surface area (Å²) in [4.78, 5) is 4.39. The SMILES string of the molecule is CCOc1ccc(Cl)cc1CCN=C(N)Nc1ccc2c(c1)OCCCO2. The topological polar surface area (TPSA) is 78.1 Å². The van der Waals surface area contributed by atoms with Gasteiger partial charge in [-0.1, -0.05) is 11.6 Å². The molecule has 27 heavy (non-hydrogen) atoms. The molecule has 0 spiro atoms. The van der Waals surface area contributed by atoms with Gasteiger partial charge in [0, 0.05) is 29.7 Å². The second kappa shape index (κ2) is 9.37. The molecular formula is C20H24ClN3O3. The fourth-order valence-electron chi connectivity index (χ4n) is 2.76. The Hall–Kier alpha value is -2.60. The molecule has 3 rings (SSSR count). The summed E-state index contributed by atoms with van der Waals surface area (Å²) in [5, 5.41) is 3.76. The van der Waals surface area contributed by atoms with E-state index >= 15 is 0 Å². The minimum absolute atomic E-state index is 0.337. The first-order valence-corrected chi connectivity index (χ1v) is 9.41. The van der Waals surface area contributed by atoms with Gasteiger partial charge < -0.3 is 25.3 Å². The van der Waals surface area contributed by atoms with Gasteiger partial charge in [0.05, 0.1) is 19.8 Å². The second-order valence-electron chi connectivity index (χ2n) is 6.04. The highest BCUT2D eigenvalue weighted by Crippen LogP contribution is 2.32. The van der Waals surface area contributed by atoms with Gasteiger partial charge in [0.15, 0.2) is 17.5 Å². The predicted molar refractivity (Wildman–Crippen MR) is 108 cm³/mol. The van der Waals surface area contributed by atoms with E-state index < -0.39 is 0 Å². The number of fused-ring (bicyclic) bond motifs is 1. The molecule has 0 fully saturated rings. The Bertz CT molecular complexity index is 811. The summed E-state index contributed by atoms with van der Waals surface area (Å²) in [5.74, 6) is 2.62. The zero-order chi connectivity index (χ0) is 19.1. The van der Waals surface area contributed by atoms with E-state index in [1.54, 1.807) is 0 Å². The van der Waals surface area contributed by atoms with Crippen LogP contribution < -0.4 is 25.3 Å². The number of nitrogens with zero attached hydrogens (tertiary/aromatic N) is 1. The van der Waals surface area contributed by atoms with Crippen molar-refractivity contribution in [2.45, 2.75) is 19.8 Å². The standard InChI is InChI=1S/C20H24ClN3O3/c1-2-25-17-6-4-15(21)12-14(17)8-9-23-20(22)24-16-5-7-18-19(13-16)27-11-3-10-26-18/h4-7,12-13H,2-3,8-11H2,1H3,(H3,22,23,24). The molecule has 144 valence electrons. The van der Waals surface area contributed by atoms with Gasteiger partial charge in [-0.3, -0.25) is 4.99 Å². The first-order valence-electron chi connectivity index (χ1n) is 9.03. The molecule has 0 atom stereocenters. The van der Waals surface area contributed by atoms with Crippen LogP contribution in [0.25, 0.3) is 0 Å². The second-order valence-corrected chi connectivity index (χ2v) is 6.48. The predicted octanol–water partition coefficient (Wildman–Crippen LogP) is 3.87. The van der Waals surface area contributed by atoms with Gasteiger partial charge in [0.2, 0.25) is 0 Å². The average Bonchev–Trinajstić information content (AvgIpc) is 2.89. The highest BCUT2D eigenvalue weighted by molar-refractivity contribution is 6.30.